The van der Waals surface area contributed by atoms with Crippen LogP contribution in [0.1, 0.15) is 5.56 Å². The van der Waals surface area contributed by atoms with Crippen LogP contribution in [0.15, 0.2) is 53.0 Å². The molecule has 0 aliphatic carbocycles. The molecular formula is C17H21BrN2O. The van der Waals surface area contributed by atoms with E-state index in [9.17, 15) is 0 Å². The van der Waals surface area contributed by atoms with Gasteiger partial charge >= 0.3 is 0 Å². The maximum atomic E-state index is 5.07. The molecule has 2 rings (SSSR count). The first-order valence-corrected chi connectivity index (χ1v) is 7.78. The van der Waals surface area contributed by atoms with E-state index >= 15 is 0 Å². The smallest absolute Gasteiger partial charge is 0.0587 e. The van der Waals surface area contributed by atoms with Crippen molar-refractivity contribution in [3.8, 4) is 0 Å². The predicted molar refractivity (Wildman–Crippen MR) is 92.2 cm³/mol. The summed E-state index contributed by atoms with van der Waals surface area (Å²) < 4.78 is 6.16. The van der Waals surface area contributed by atoms with Crippen LogP contribution in [0, 0.1) is 0 Å². The lowest BCUT2D eigenvalue weighted by molar-refractivity contribution is 0.199. The van der Waals surface area contributed by atoms with Gasteiger partial charge in [-0.05, 0) is 35.9 Å². The molecule has 0 saturated carbocycles. The van der Waals surface area contributed by atoms with Crippen LogP contribution >= 0.6 is 15.9 Å². The van der Waals surface area contributed by atoms with Crippen molar-refractivity contribution < 1.29 is 4.74 Å². The Balaban J connectivity index is 2.18. The van der Waals surface area contributed by atoms with Crippen molar-refractivity contribution in [3.63, 3.8) is 0 Å². The normalized spacial score (nSPS) is 10.6. The lowest BCUT2D eigenvalue weighted by Crippen LogP contribution is -2.20. The highest BCUT2D eigenvalue weighted by atomic mass is 79.9. The Morgan fingerprint density at radius 2 is 1.90 bits per heavy atom. The van der Waals surface area contributed by atoms with Gasteiger partial charge in [-0.3, -0.25) is 0 Å². The van der Waals surface area contributed by atoms with Crippen LogP contribution in [0.4, 0.5) is 11.4 Å². The molecule has 4 heteroatoms. The van der Waals surface area contributed by atoms with Crippen LogP contribution in [0.5, 0.6) is 0 Å². The van der Waals surface area contributed by atoms with Gasteiger partial charge in [0, 0.05) is 43.1 Å². The average Bonchev–Trinajstić information content (AvgIpc) is 2.52. The van der Waals surface area contributed by atoms with Crippen molar-refractivity contribution in [3.05, 3.63) is 58.6 Å². The highest BCUT2D eigenvalue weighted by Crippen LogP contribution is 2.29. The number of anilines is 2. The second-order valence-electron chi connectivity index (χ2n) is 4.84. The monoisotopic (exact) mass is 348 g/mol. The van der Waals surface area contributed by atoms with Crippen molar-refractivity contribution in [1.82, 2.24) is 5.32 Å². The molecule has 112 valence electrons. The van der Waals surface area contributed by atoms with Crippen LogP contribution in [-0.2, 0) is 11.3 Å². The van der Waals surface area contributed by atoms with Crippen molar-refractivity contribution in [2.24, 2.45) is 0 Å². The van der Waals surface area contributed by atoms with Crippen molar-refractivity contribution >= 4 is 27.3 Å². The number of para-hydroxylation sites is 1. The number of halogens is 1. The van der Waals surface area contributed by atoms with E-state index in [4.69, 9.17) is 4.74 Å². The molecule has 0 bridgehead atoms. The topological polar surface area (TPSA) is 24.5 Å². The zero-order valence-corrected chi connectivity index (χ0v) is 14.1. The summed E-state index contributed by atoms with van der Waals surface area (Å²) in [6.07, 6.45) is 0. The van der Waals surface area contributed by atoms with Gasteiger partial charge in [-0.25, -0.2) is 0 Å². The van der Waals surface area contributed by atoms with E-state index in [0.717, 1.165) is 24.2 Å². The molecule has 0 saturated heterocycles. The summed E-state index contributed by atoms with van der Waals surface area (Å²) in [7, 11) is 3.81. The van der Waals surface area contributed by atoms with E-state index < -0.39 is 0 Å². The largest absolute Gasteiger partial charge is 0.383 e. The minimum absolute atomic E-state index is 0.720. The van der Waals surface area contributed by atoms with Gasteiger partial charge in [0.15, 0.2) is 0 Å². The SMILES string of the molecule is COCCNCc1cc(Br)ccc1N(C)c1ccccc1. The van der Waals surface area contributed by atoms with Gasteiger partial charge < -0.3 is 15.0 Å². The molecular weight excluding hydrogens is 328 g/mol. The minimum atomic E-state index is 0.720. The van der Waals surface area contributed by atoms with Gasteiger partial charge in [-0.15, -0.1) is 0 Å². The Morgan fingerprint density at radius 1 is 1.14 bits per heavy atom. The Bertz CT molecular complexity index is 560. The second kappa shape index (κ2) is 8.17. The molecule has 0 radical (unpaired) electrons. The molecule has 2 aromatic rings. The van der Waals surface area contributed by atoms with E-state index in [1.54, 1.807) is 7.11 Å². The third-order valence-electron chi connectivity index (χ3n) is 3.34. The number of ether oxygens (including phenoxy) is 1. The van der Waals surface area contributed by atoms with Crippen LogP contribution in [0.2, 0.25) is 0 Å². The van der Waals surface area contributed by atoms with Crippen LogP contribution in [-0.4, -0.2) is 27.3 Å². The molecule has 0 unspecified atom stereocenters. The molecule has 0 aliphatic rings. The lowest BCUT2D eigenvalue weighted by atomic mass is 10.1. The van der Waals surface area contributed by atoms with E-state index in [2.05, 4.69) is 75.7 Å². The van der Waals surface area contributed by atoms with Gasteiger partial charge in [-0.1, -0.05) is 34.1 Å². The molecule has 1 N–H and O–H groups in total. The molecule has 0 fully saturated rings. The minimum Gasteiger partial charge on any atom is -0.383 e. The quantitative estimate of drug-likeness (QED) is 0.766. The average molecular weight is 349 g/mol. The maximum Gasteiger partial charge on any atom is 0.0587 e. The standard InChI is InChI=1S/C17H21BrN2O/c1-20(16-6-4-3-5-7-16)17-9-8-15(18)12-14(17)13-19-10-11-21-2/h3-9,12,19H,10-11,13H2,1-2H3. The third-order valence-corrected chi connectivity index (χ3v) is 3.84. The molecule has 21 heavy (non-hydrogen) atoms. The number of methoxy groups -OCH3 is 1. The van der Waals surface area contributed by atoms with Crippen molar-refractivity contribution in [2.45, 2.75) is 6.54 Å². The fourth-order valence-electron chi connectivity index (χ4n) is 2.21. The summed E-state index contributed by atoms with van der Waals surface area (Å²) in [5.74, 6) is 0. The summed E-state index contributed by atoms with van der Waals surface area (Å²) in [5, 5.41) is 3.40. The predicted octanol–water partition coefficient (Wildman–Crippen LogP) is 3.95. The van der Waals surface area contributed by atoms with Crippen LogP contribution in [0.25, 0.3) is 0 Å². The Morgan fingerprint density at radius 3 is 2.62 bits per heavy atom. The van der Waals surface area contributed by atoms with Crippen molar-refractivity contribution in [2.75, 3.05) is 32.2 Å². The lowest BCUT2D eigenvalue weighted by Gasteiger charge is -2.23. The number of rotatable bonds is 7. The summed E-state index contributed by atoms with van der Waals surface area (Å²) in [6, 6.07) is 16.8. The van der Waals surface area contributed by atoms with Crippen LogP contribution < -0.4 is 10.2 Å². The number of hydrogen-bond acceptors (Lipinski definition) is 3. The molecule has 2 aromatic carbocycles. The zero-order valence-electron chi connectivity index (χ0n) is 12.5. The molecule has 0 atom stereocenters. The first-order valence-electron chi connectivity index (χ1n) is 6.99. The Kier molecular flexibility index (Phi) is 6.23. The molecule has 0 amide bonds. The van der Waals surface area contributed by atoms with Crippen molar-refractivity contribution in [1.29, 1.82) is 0 Å². The second-order valence-corrected chi connectivity index (χ2v) is 5.75. The first kappa shape index (κ1) is 16.0. The Hall–Kier alpha value is -1.36. The number of nitrogens with one attached hydrogen (secondary N) is 1. The maximum absolute atomic E-state index is 5.07. The first-order chi connectivity index (χ1) is 10.2. The Labute approximate surface area is 135 Å². The van der Waals surface area contributed by atoms with E-state index in [1.165, 1.54) is 16.9 Å². The molecule has 0 heterocycles. The number of hydrogen-bond donors (Lipinski definition) is 1. The summed E-state index contributed by atoms with van der Waals surface area (Å²) in [5.41, 5.74) is 3.64. The summed E-state index contributed by atoms with van der Waals surface area (Å²) in [6.45, 7) is 2.38. The molecule has 3 nitrogen and oxygen atoms in total. The number of benzene rings is 2. The van der Waals surface area contributed by atoms with E-state index in [0.29, 0.717) is 0 Å². The van der Waals surface area contributed by atoms with Crippen LogP contribution in [0.3, 0.4) is 0 Å². The van der Waals surface area contributed by atoms with Gasteiger partial charge in [0.2, 0.25) is 0 Å². The highest BCUT2D eigenvalue weighted by molar-refractivity contribution is 9.10. The van der Waals surface area contributed by atoms with E-state index in [1.807, 2.05) is 6.07 Å². The highest BCUT2D eigenvalue weighted by Gasteiger charge is 2.09. The fraction of sp³-hybridized carbons (Fsp3) is 0.294. The molecule has 0 aromatic heterocycles. The molecule has 0 aliphatic heterocycles. The molecule has 0 spiro atoms. The third kappa shape index (κ3) is 4.56. The van der Waals surface area contributed by atoms with Gasteiger partial charge in [0.05, 0.1) is 6.61 Å². The fourth-order valence-corrected chi connectivity index (χ4v) is 2.62. The van der Waals surface area contributed by atoms with Gasteiger partial charge in [0.25, 0.3) is 0 Å². The van der Waals surface area contributed by atoms with Gasteiger partial charge in [-0.2, -0.15) is 0 Å². The van der Waals surface area contributed by atoms with E-state index in [-0.39, 0.29) is 0 Å². The zero-order chi connectivity index (χ0) is 15.1. The summed E-state index contributed by atoms with van der Waals surface area (Å²) in [4.78, 5) is 2.21. The number of nitrogens with zero attached hydrogens (tertiary/aromatic N) is 1. The summed E-state index contributed by atoms with van der Waals surface area (Å²) >= 11 is 3.55. The van der Waals surface area contributed by atoms with Gasteiger partial charge in [0.1, 0.15) is 0 Å².